The van der Waals surface area contributed by atoms with Gasteiger partial charge in [0.15, 0.2) is 0 Å². The molecule has 0 radical (unpaired) electrons. The number of para-hydroxylation sites is 1. The fraction of sp³-hybridized carbons (Fsp3) is 0.227. The number of carbonyl (C=O) groups excluding carboxylic acids is 2. The second-order valence-corrected chi connectivity index (χ2v) is 8.10. The molecule has 6 nitrogen and oxygen atoms in total. The molecule has 4 rings (SSSR count). The molecule has 0 saturated carbocycles. The van der Waals surface area contributed by atoms with Crippen LogP contribution in [0.4, 0.5) is 10.1 Å². The van der Waals surface area contributed by atoms with Gasteiger partial charge in [-0.1, -0.05) is 24.3 Å². The van der Waals surface area contributed by atoms with Crippen LogP contribution in [0.5, 0.6) is 0 Å². The third-order valence-electron chi connectivity index (χ3n) is 5.22. The van der Waals surface area contributed by atoms with E-state index in [0.717, 1.165) is 10.2 Å². The van der Waals surface area contributed by atoms with Crippen molar-refractivity contribution in [3.8, 4) is 0 Å². The number of hydrogen-bond donors (Lipinski definition) is 1. The van der Waals surface area contributed by atoms with Gasteiger partial charge in [0.25, 0.3) is 0 Å². The number of nitrogens with zero attached hydrogens (tertiary/aromatic N) is 3. The van der Waals surface area contributed by atoms with Gasteiger partial charge in [-0.15, -0.1) is 0 Å². The van der Waals surface area contributed by atoms with Gasteiger partial charge in [0.05, 0.1) is 11.6 Å². The Morgan fingerprint density at radius 2 is 2.07 bits per heavy atom. The van der Waals surface area contributed by atoms with Crippen molar-refractivity contribution < 1.29 is 14.0 Å². The number of benzene rings is 2. The molecule has 0 spiro atoms. The smallest absolute Gasteiger partial charge is 0.227 e. The molecule has 30 heavy (non-hydrogen) atoms. The number of halogens is 2. The van der Waals surface area contributed by atoms with Crippen LogP contribution in [-0.4, -0.2) is 27.9 Å². The second-order valence-electron chi connectivity index (χ2n) is 7.25. The summed E-state index contributed by atoms with van der Waals surface area (Å²) >= 11 is 3.46. The lowest BCUT2D eigenvalue weighted by Gasteiger charge is -2.22. The second kappa shape index (κ2) is 8.39. The Hall–Kier alpha value is -3.00. The molecule has 2 aromatic carbocycles. The highest BCUT2D eigenvalue weighted by Gasteiger charge is 2.37. The Bertz CT molecular complexity index is 1100. The first kappa shape index (κ1) is 20.3. The third kappa shape index (κ3) is 4.00. The number of amides is 2. The van der Waals surface area contributed by atoms with E-state index in [1.807, 2.05) is 31.3 Å². The standard InChI is InChI=1S/C22H20BrFN4O2/c1-27-10-9-25-21(27)20(14-5-4-6-16(24)11-14)26-22(30)15-12-19(29)28(13-15)18-8-3-2-7-17(18)23/h2-11,15,20H,12-13H2,1H3,(H,26,30). The van der Waals surface area contributed by atoms with Gasteiger partial charge in [-0.25, -0.2) is 9.37 Å². The number of aryl methyl sites for hydroxylation is 1. The number of anilines is 1. The van der Waals surface area contributed by atoms with Crippen LogP contribution in [-0.2, 0) is 16.6 Å². The van der Waals surface area contributed by atoms with Crippen LogP contribution in [0.1, 0.15) is 23.9 Å². The summed E-state index contributed by atoms with van der Waals surface area (Å²) in [7, 11) is 1.81. The van der Waals surface area contributed by atoms with Crippen LogP contribution in [0.25, 0.3) is 0 Å². The van der Waals surface area contributed by atoms with E-state index in [-0.39, 0.29) is 24.8 Å². The average molecular weight is 471 g/mol. The summed E-state index contributed by atoms with van der Waals surface area (Å²) < 4.78 is 16.4. The first-order chi connectivity index (χ1) is 14.4. The van der Waals surface area contributed by atoms with Crippen LogP contribution in [0.15, 0.2) is 65.4 Å². The monoisotopic (exact) mass is 470 g/mol. The molecular formula is C22H20BrFN4O2. The van der Waals surface area contributed by atoms with Crippen LogP contribution in [0.3, 0.4) is 0 Å². The summed E-state index contributed by atoms with van der Waals surface area (Å²) in [6, 6.07) is 12.9. The van der Waals surface area contributed by atoms with Crippen molar-refractivity contribution in [3.63, 3.8) is 0 Å². The predicted octanol–water partition coefficient (Wildman–Crippen LogP) is 3.58. The van der Waals surface area contributed by atoms with Gasteiger partial charge in [-0.05, 0) is 45.8 Å². The molecule has 154 valence electrons. The van der Waals surface area contributed by atoms with Crippen LogP contribution < -0.4 is 10.2 Å². The van der Waals surface area contributed by atoms with Gasteiger partial charge in [-0.2, -0.15) is 0 Å². The van der Waals surface area contributed by atoms with Gasteiger partial charge in [-0.3, -0.25) is 9.59 Å². The molecule has 2 atom stereocenters. The van der Waals surface area contributed by atoms with E-state index < -0.39 is 17.8 Å². The van der Waals surface area contributed by atoms with Gasteiger partial charge in [0.1, 0.15) is 17.7 Å². The molecule has 1 aromatic heterocycles. The van der Waals surface area contributed by atoms with Crippen LogP contribution in [0, 0.1) is 11.7 Å². The van der Waals surface area contributed by atoms with E-state index in [1.54, 1.807) is 34.0 Å². The lowest BCUT2D eigenvalue weighted by Crippen LogP contribution is -2.37. The zero-order chi connectivity index (χ0) is 21.3. The lowest BCUT2D eigenvalue weighted by molar-refractivity contribution is -0.126. The first-order valence-corrected chi connectivity index (χ1v) is 10.3. The molecule has 1 aliphatic heterocycles. The molecule has 2 unspecified atom stereocenters. The van der Waals surface area contributed by atoms with Gasteiger partial charge >= 0.3 is 0 Å². The van der Waals surface area contributed by atoms with E-state index in [1.165, 1.54) is 12.1 Å². The SMILES string of the molecule is Cn1ccnc1C(NC(=O)C1CC(=O)N(c2ccccc2Br)C1)c1cccc(F)c1. The highest BCUT2D eigenvalue weighted by atomic mass is 79.9. The van der Waals surface area contributed by atoms with E-state index in [0.29, 0.717) is 11.4 Å². The minimum atomic E-state index is -0.624. The molecule has 1 fully saturated rings. The summed E-state index contributed by atoms with van der Waals surface area (Å²) in [4.78, 5) is 31.6. The normalized spacial score (nSPS) is 17.2. The molecule has 1 N–H and O–H groups in total. The number of nitrogens with one attached hydrogen (secondary N) is 1. The Labute approximate surface area is 181 Å². The molecule has 2 amide bonds. The summed E-state index contributed by atoms with van der Waals surface area (Å²) in [6.07, 6.45) is 3.51. The number of rotatable bonds is 5. The van der Waals surface area contributed by atoms with E-state index >= 15 is 0 Å². The quantitative estimate of drug-likeness (QED) is 0.619. The molecule has 2 heterocycles. The van der Waals surface area contributed by atoms with E-state index in [4.69, 9.17) is 0 Å². The Morgan fingerprint density at radius 3 is 2.77 bits per heavy atom. The Morgan fingerprint density at radius 1 is 1.27 bits per heavy atom. The Balaban J connectivity index is 1.57. The van der Waals surface area contributed by atoms with Crippen molar-refractivity contribution in [2.75, 3.05) is 11.4 Å². The van der Waals surface area contributed by atoms with E-state index in [9.17, 15) is 14.0 Å². The molecular weight excluding hydrogens is 451 g/mol. The maximum Gasteiger partial charge on any atom is 0.227 e. The predicted molar refractivity (Wildman–Crippen MR) is 114 cm³/mol. The molecule has 1 saturated heterocycles. The average Bonchev–Trinajstić information content (AvgIpc) is 3.32. The zero-order valence-corrected chi connectivity index (χ0v) is 17.8. The molecule has 3 aromatic rings. The maximum atomic E-state index is 13.8. The van der Waals surface area contributed by atoms with Crippen LogP contribution in [0.2, 0.25) is 0 Å². The first-order valence-electron chi connectivity index (χ1n) is 9.52. The number of imidazole rings is 1. The highest BCUT2D eigenvalue weighted by molar-refractivity contribution is 9.10. The van der Waals surface area contributed by atoms with Crippen molar-refractivity contribution in [2.45, 2.75) is 12.5 Å². The van der Waals surface area contributed by atoms with Crippen LogP contribution >= 0.6 is 15.9 Å². The van der Waals surface area contributed by atoms with Crippen molar-refractivity contribution in [2.24, 2.45) is 13.0 Å². The maximum absolute atomic E-state index is 13.8. The third-order valence-corrected chi connectivity index (χ3v) is 5.89. The Kier molecular flexibility index (Phi) is 5.67. The minimum Gasteiger partial charge on any atom is -0.342 e. The van der Waals surface area contributed by atoms with Crippen molar-refractivity contribution in [3.05, 3.63) is 82.6 Å². The lowest BCUT2D eigenvalue weighted by atomic mass is 10.0. The topological polar surface area (TPSA) is 67.2 Å². The van der Waals surface area contributed by atoms with Crippen molar-refractivity contribution in [1.82, 2.24) is 14.9 Å². The number of carbonyl (C=O) groups is 2. The molecule has 1 aliphatic rings. The van der Waals surface area contributed by atoms with Gasteiger partial charge in [0, 0.05) is 36.9 Å². The molecule has 0 aliphatic carbocycles. The van der Waals surface area contributed by atoms with E-state index in [2.05, 4.69) is 26.2 Å². The zero-order valence-electron chi connectivity index (χ0n) is 16.3. The largest absolute Gasteiger partial charge is 0.342 e. The summed E-state index contributed by atoms with van der Waals surface area (Å²) in [5, 5.41) is 2.97. The van der Waals surface area contributed by atoms with Gasteiger partial charge < -0.3 is 14.8 Å². The summed E-state index contributed by atoms with van der Waals surface area (Å²) in [6.45, 7) is 0.281. The molecule has 8 heteroatoms. The minimum absolute atomic E-state index is 0.110. The molecule has 0 bridgehead atoms. The summed E-state index contributed by atoms with van der Waals surface area (Å²) in [5.41, 5.74) is 1.33. The van der Waals surface area contributed by atoms with Crippen molar-refractivity contribution in [1.29, 1.82) is 0 Å². The van der Waals surface area contributed by atoms with Gasteiger partial charge in [0.2, 0.25) is 11.8 Å². The van der Waals surface area contributed by atoms with Crippen molar-refractivity contribution >= 4 is 33.4 Å². The fourth-order valence-electron chi connectivity index (χ4n) is 3.69. The number of aromatic nitrogens is 2. The fourth-order valence-corrected chi connectivity index (χ4v) is 4.18. The highest BCUT2D eigenvalue weighted by Crippen LogP contribution is 2.32. The summed E-state index contributed by atoms with van der Waals surface area (Å²) in [5.74, 6) is -0.699. The number of hydrogen-bond acceptors (Lipinski definition) is 3.